The average molecular weight is 530 g/mol. The normalized spacial score (nSPS) is 14.7. The molecule has 1 heterocycles. The first-order valence-corrected chi connectivity index (χ1v) is 13.6. The Balaban J connectivity index is 1.64. The van der Waals surface area contributed by atoms with Gasteiger partial charge in [-0.3, -0.25) is 4.79 Å². The third-order valence-electron chi connectivity index (χ3n) is 6.73. The Hall–Kier alpha value is -3.77. The molecule has 1 aliphatic heterocycles. The van der Waals surface area contributed by atoms with Crippen molar-refractivity contribution in [2.75, 3.05) is 26.8 Å². The predicted molar refractivity (Wildman–Crippen MR) is 155 cm³/mol. The van der Waals surface area contributed by atoms with Gasteiger partial charge in [0, 0.05) is 36.2 Å². The highest BCUT2D eigenvalue weighted by molar-refractivity contribution is 6.04. The zero-order valence-corrected chi connectivity index (χ0v) is 23.6. The van der Waals surface area contributed by atoms with Gasteiger partial charge in [0.25, 0.3) is 0 Å². The SMILES string of the molecule is CCCCNCC(COc1ccc(C2=C(c3ccccc3)C(C)(C)Oc3cc(OC)ccc32)cc1)OC(C)=O. The van der Waals surface area contributed by atoms with E-state index in [0.29, 0.717) is 12.3 Å². The fourth-order valence-electron chi connectivity index (χ4n) is 4.92. The molecule has 0 aromatic heterocycles. The molecule has 4 rings (SSSR count). The number of hydrogen-bond donors (Lipinski definition) is 1. The van der Waals surface area contributed by atoms with Crippen LogP contribution in [-0.2, 0) is 9.53 Å². The topological polar surface area (TPSA) is 66.0 Å². The zero-order chi connectivity index (χ0) is 27.8. The molecule has 0 saturated heterocycles. The smallest absolute Gasteiger partial charge is 0.303 e. The van der Waals surface area contributed by atoms with E-state index in [1.54, 1.807) is 7.11 Å². The fourth-order valence-corrected chi connectivity index (χ4v) is 4.92. The molecule has 6 heteroatoms. The number of unbranched alkanes of at least 4 members (excludes halogenated alkanes) is 1. The highest BCUT2D eigenvalue weighted by Crippen LogP contribution is 2.49. The van der Waals surface area contributed by atoms with Crippen LogP contribution in [0.2, 0.25) is 0 Å². The Morgan fingerprint density at radius 2 is 1.69 bits per heavy atom. The molecule has 1 N–H and O–H groups in total. The summed E-state index contributed by atoms with van der Waals surface area (Å²) in [6.07, 6.45) is 1.83. The molecule has 0 saturated carbocycles. The van der Waals surface area contributed by atoms with E-state index in [1.165, 1.54) is 6.92 Å². The van der Waals surface area contributed by atoms with Crippen molar-refractivity contribution in [1.82, 2.24) is 5.32 Å². The van der Waals surface area contributed by atoms with E-state index in [-0.39, 0.29) is 18.7 Å². The second-order valence-electron chi connectivity index (χ2n) is 10.2. The number of rotatable bonds is 12. The van der Waals surface area contributed by atoms with E-state index in [0.717, 1.165) is 58.7 Å². The molecule has 3 aromatic rings. The molecule has 0 aliphatic carbocycles. The molecular weight excluding hydrogens is 490 g/mol. The molecular formula is C33H39NO5. The van der Waals surface area contributed by atoms with Crippen molar-refractivity contribution in [3.63, 3.8) is 0 Å². The second-order valence-corrected chi connectivity index (χ2v) is 10.2. The Morgan fingerprint density at radius 1 is 0.974 bits per heavy atom. The molecule has 1 atom stereocenters. The van der Waals surface area contributed by atoms with Crippen LogP contribution in [0.3, 0.4) is 0 Å². The summed E-state index contributed by atoms with van der Waals surface area (Å²) in [6.45, 7) is 9.48. The summed E-state index contributed by atoms with van der Waals surface area (Å²) in [5.74, 6) is 1.94. The summed E-state index contributed by atoms with van der Waals surface area (Å²) in [6, 6.07) is 24.4. The largest absolute Gasteiger partial charge is 0.497 e. The standard InChI is InChI=1S/C33H39NO5/c1-6-7-19-34-21-28(38-23(2)35)22-37-26-15-13-24(14-16-26)31-29-18-17-27(36-5)20-30(29)39-33(3,4)32(31)25-11-9-8-10-12-25/h8-18,20,28,34H,6-7,19,21-22H2,1-5H3. The van der Waals surface area contributed by atoms with Gasteiger partial charge >= 0.3 is 5.97 Å². The van der Waals surface area contributed by atoms with Gasteiger partial charge in [0.05, 0.1) is 7.11 Å². The van der Waals surface area contributed by atoms with E-state index in [9.17, 15) is 4.79 Å². The quantitative estimate of drug-likeness (QED) is 0.213. The van der Waals surface area contributed by atoms with Crippen molar-refractivity contribution < 1.29 is 23.7 Å². The minimum absolute atomic E-state index is 0.277. The lowest BCUT2D eigenvalue weighted by Crippen LogP contribution is -2.35. The monoisotopic (exact) mass is 529 g/mol. The summed E-state index contributed by atoms with van der Waals surface area (Å²) in [5, 5.41) is 3.34. The van der Waals surface area contributed by atoms with Crippen LogP contribution < -0.4 is 19.5 Å². The third-order valence-corrected chi connectivity index (χ3v) is 6.73. The molecule has 0 amide bonds. The lowest BCUT2D eigenvalue weighted by Gasteiger charge is -2.38. The second kappa shape index (κ2) is 12.9. The maximum atomic E-state index is 11.6. The van der Waals surface area contributed by atoms with Crippen LogP contribution >= 0.6 is 0 Å². The van der Waals surface area contributed by atoms with Crippen molar-refractivity contribution in [3.05, 3.63) is 89.5 Å². The van der Waals surface area contributed by atoms with Crippen molar-refractivity contribution in [2.45, 2.75) is 52.2 Å². The van der Waals surface area contributed by atoms with E-state index in [4.69, 9.17) is 18.9 Å². The molecule has 3 aromatic carbocycles. The predicted octanol–water partition coefficient (Wildman–Crippen LogP) is 6.53. The number of carbonyl (C=O) groups excluding carboxylic acids is 1. The molecule has 0 spiro atoms. The first-order chi connectivity index (χ1) is 18.8. The number of hydrogen-bond acceptors (Lipinski definition) is 6. The first kappa shape index (κ1) is 28.2. The van der Waals surface area contributed by atoms with Crippen LogP contribution in [0.1, 0.15) is 57.2 Å². The van der Waals surface area contributed by atoms with Gasteiger partial charge in [-0.15, -0.1) is 0 Å². The summed E-state index contributed by atoms with van der Waals surface area (Å²) in [7, 11) is 1.66. The van der Waals surface area contributed by atoms with Crippen molar-refractivity contribution in [2.24, 2.45) is 0 Å². The Kier molecular flexibility index (Phi) is 9.31. The van der Waals surface area contributed by atoms with Crippen LogP contribution in [0, 0.1) is 0 Å². The van der Waals surface area contributed by atoms with Gasteiger partial charge < -0.3 is 24.3 Å². The maximum Gasteiger partial charge on any atom is 0.303 e. The number of fused-ring (bicyclic) bond motifs is 1. The van der Waals surface area contributed by atoms with Gasteiger partial charge in [-0.05, 0) is 62.2 Å². The van der Waals surface area contributed by atoms with E-state index >= 15 is 0 Å². The van der Waals surface area contributed by atoms with E-state index in [1.807, 2.05) is 42.5 Å². The van der Waals surface area contributed by atoms with Crippen LogP contribution in [0.5, 0.6) is 17.2 Å². The molecule has 6 nitrogen and oxygen atoms in total. The summed E-state index contributed by atoms with van der Waals surface area (Å²) in [4.78, 5) is 11.6. The molecule has 206 valence electrons. The number of ether oxygens (including phenoxy) is 4. The molecule has 39 heavy (non-hydrogen) atoms. The van der Waals surface area contributed by atoms with Gasteiger partial charge in [-0.25, -0.2) is 0 Å². The Labute approximate surface area is 231 Å². The van der Waals surface area contributed by atoms with Crippen LogP contribution in [0.15, 0.2) is 72.8 Å². The van der Waals surface area contributed by atoms with Crippen LogP contribution in [-0.4, -0.2) is 44.5 Å². The summed E-state index contributed by atoms with van der Waals surface area (Å²) in [5.41, 5.74) is 4.83. The summed E-state index contributed by atoms with van der Waals surface area (Å²) >= 11 is 0. The summed E-state index contributed by atoms with van der Waals surface area (Å²) < 4.78 is 23.5. The van der Waals surface area contributed by atoms with Gasteiger partial charge in [-0.2, -0.15) is 0 Å². The third kappa shape index (κ3) is 7.01. The molecule has 0 radical (unpaired) electrons. The molecule has 0 bridgehead atoms. The van der Waals surface area contributed by atoms with Gasteiger partial charge in [0.2, 0.25) is 0 Å². The average Bonchev–Trinajstić information content (AvgIpc) is 2.93. The van der Waals surface area contributed by atoms with Crippen molar-refractivity contribution in [1.29, 1.82) is 0 Å². The van der Waals surface area contributed by atoms with Gasteiger partial charge in [0.1, 0.15) is 35.6 Å². The van der Waals surface area contributed by atoms with Crippen LogP contribution in [0.4, 0.5) is 0 Å². The minimum atomic E-state index is -0.576. The zero-order valence-electron chi connectivity index (χ0n) is 23.6. The molecule has 0 fully saturated rings. The van der Waals surface area contributed by atoms with E-state index < -0.39 is 5.60 Å². The van der Waals surface area contributed by atoms with Gasteiger partial charge in [0.15, 0.2) is 0 Å². The lowest BCUT2D eigenvalue weighted by molar-refractivity contribution is -0.147. The van der Waals surface area contributed by atoms with Gasteiger partial charge in [-0.1, -0.05) is 55.8 Å². The Morgan fingerprint density at radius 3 is 2.36 bits per heavy atom. The van der Waals surface area contributed by atoms with Crippen molar-refractivity contribution in [3.8, 4) is 17.2 Å². The lowest BCUT2D eigenvalue weighted by atomic mass is 9.79. The van der Waals surface area contributed by atoms with Crippen molar-refractivity contribution >= 4 is 17.1 Å². The number of carbonyl (C=O) groups is 1. The highest BCUT2D eigenvalue weighted by Gasteiger charge is 2.36. The minimum Gasteiger partial charge on any atom is -0.497 e. The molecule has 1 unspecified atom stereocenters. The maximum absolute atomic E-state index is 11.6. The van der Waals surface area contributed by atoms with Crippen LogP contribution in [0.25, 0.3) is 11.1 Å². The highest BCUT2D eigenvalue weighted by atomic mass is 16.6. The number of nitrogens with one attached hydrogen (secondary N) is 1. The Bertz CT molecular complexity index is 1280. The number of esters is 1. The number of benzene rings is 3. The molecule has 1 aliphatic rings. The fraction of sp³-hybridized carbons (Fsp3) is 0.364. The number of methoxy groups -OCH3 is 1. The van der Waals surface area contributed by atoms with E-state index in [2.05, 4.69) is 56.4 Å². The first-order valence-electron chi connectivity index (χ1n) is 13.6.